The van der Waals surface area contributed by atoms with E-state index in [0.717, 1.165) is 30.0 Å². The second-order valence-electron chi connectivity index (χ2n) is 7.73. The predicted molar refractivity (Wildman–Crippen MR) is 116 cm³/mol. The molecule has 2 heterocycles. The van der Waals surface area contributed by atoms with Gasteiger partial charge in [-0.2, -0.15) is 0 Å². The van der Waals surface area contributed by atoms with Crippen LogP contribution in [0.3, 0.4) is 0 Å². The number of ether oxygens (including phenoxy) is 2. The van der Waals surface area contributed by atoms with E-state index in [1.165, 1.54) is 24.8 Å². The summed E-state index contributed by atoms with van der Waals surface area (Å²) >= 11 is 0. The Labute approximate surface area is 177 Å². The third-order valence-corrected chi connectivity index (χ3v) is 5.93. The van der Waals surface area contributed by atoms with Crippen LogP contribution in [0.25, 0.3) is 11.5 Å². The molecule has 0 N–H and O–H groups in total. The molecule has 4 rings (SSSR count). The largest absolute Gasteiger partial charge is 0.497 e. The molecular weight excluding hydrogens is 378 g/mol. The van der Waals surface area contributed by atoms with E-state index in [1.807, 2.05) is 36.4 Å². The number of aromatic nitrogens is 2. The molecular formula is C24H29N3O3. The molecule has 1 aliphatic heterocycles. The highest BCUT2D eigenvalue weighted by molar-refractivity contribution is 5.54. The summed E-state index contributed by atoms with van der Waals surface area (Å²) in [5, 5.41) is 8.69. The van der Waals surface area contributed by atoms with Gasteiger partial charge in [0.1, 0.15) is 11.5 Å². The molecule has 6 nitrogen and oxygen atoms in total. The van der Waals surface area contributed by atoms with E-state index in [9.17, 15) is 0 Å². The number of rotatable bonds is 6. The van der Waals surface area contributed by atoms with E-state index in [4.69, 9.17) is 13.9 Å². The van der Waals surface area contributed by atoms with E-state index in [1.54, 1.807) is 14.2 Å². The van der Waals surface area contributed by atoms with Crippen LogP contribution in [0.2, 0.25) is 0 Å². The van der Waals surface area contributed by atoms with Crippen molar-refractivity contribution in [3.8, 4) is 23.0 Å². The van der Waals surface area contributed by atoms with Gasteiger partial charge in [0.05, 0.1) is 20.3 Å². The molecule has 0 bridgehead atoms. The Balaban J connectivity index is 1.57. The molecule has 0 amide bonds. The monoisotopic (exact) mass is 407 g/mol. The van der Waals surface area contributed by atoms with Crippen LogP contribution in [0.1, 0.15) is 56.1 Å². The minimum Gasteiger partial charge on any atom is -0.497 e. The van der Waals surface area contributed by atoms with E-state index < -0.39 is 0 Å². The zero-order valence-electron chi connectivity index (χ0n) is 17.9. The fourth-order valence-corrected chi connectivity index (χ4v) is 4.17. The quantitative estimate of drug-likeness (QED) is 0.543. The number of methoxy groups -OCH3 is 2. The van der Waals surface area contributed by atoms with Gasteiger partial charge < -0.3 is 13.9 Å². The normalized spacial score (nSPS) is 18.6. The molecule has 0 saturated carbocycles. The fraction of sp³-hybridized carbons (Fsp3) is 0.417. The van der Waals surface area contributed by atoms with E-state index in [2.05, 4.69) is 34.2 Å². The van der Waals surface area contributed by atoms with Gasteiger partial charge in [-0.15, -0.1) is 10.2 Å². The smallest absolute Gasteiger partial charge is 0.247 e. The zero-order valence-corrected chi connectivity index (χ0v) is 17.9. The van der Waals surface area contributed by atoms with Crippen molar-refractivity contribution in [1.82, 2.24) is 15.1 Å². The molecule has 3 aromatic rings. The topological polar surface area (TPSA) is 60.6 Å². The molecule has 0 aliphatic carbocycles. The molecule has 1 aliphatic rings. The maximum atomic E-state index is 6.10. The minimum atomic E-state index is 0.0368. The Morgan fingerprint density at radius 2 is 1.57 bits per heavy atom. The van der Waals surface area contributed by atoms with Gasteiger partial charge in [0.25, 0.3) is 0 Å². The second-order valence-corrected chi connectivity index (χ2v) is 7.73. The van der Waals surface area contributed by atoms with Crippen LogP contribution in [0, 0.1) is 0 Å². The molecule has 1 aromatic heterocycles. The lowest BCUT2D eigenvalue weighted by molar-refractivity contribution is 0.127. The zero-order chi connectivity index (χ0) is 20.9. The van der Waals surface area contributed by atoms with Gasteiger partial charge in [-0.25, -0.2) is 0 Å². The molecule has 0 spiro atoms. The van der Waals surface area contributed by atoms with Crippen molar-refractivity contribution in [3.05, 3.63) is 60.0 Å². The fourth-order valence-electron chi connectivity index (χ4n) is 4.17. The number of likely N-dealkylation sites (tertiary alicyclic amines) is 1. The molecule has 0 unspecified atom stereocenters. The van der Waals surface area contributed by atoms with Crippen LogP contribution < -0.4 is 9.47 Å². The summed E-state index contributed by atoms with van der Waals surface area (Å²) < 4.78 is 16.7. The summed E-state index contributed by atoms with van der Waals surface area (Å²) in [4.78, 5) is 2.50. The van der Waals surface area contributed by atoms with Crippen molar-refractivity contribution in [1.29, 1.82) is 0 Å². The predicted octanol–water partition coefficient (Wildman–Crippen LogP) is 5.43. The third-order valence-electron chi connectivity index (χ3n) is 5.93. The first-order valence-corrected chi connectivity index (χ1v) is 10.6. The Bertz CT molecular complexity index is 937. The van der Waals surface area contributed by atoms with Gasteiger partial charge in [-0.1, -0.05) is 25.0 Å². The summed E-state index contributed by atoms with van der Waals surface area (Å²) in [6.45, 7) is 3.17. The van der Waals surface area contributed by atoms with Crippen molar-refractivity contribution in [2.75, 3.05) is 20.8 Å². The van der Waals surface area contributed by atoms with Crippen molar-refractivity contribution in [2.24, 2.45) is 0 Å². The number of benzene rings is 2. The lowest BCUT2D eigenvalue weighted by Gasteiger charge is -2.33. The molecule has 6 heteroatoms. The number of hydrogen-bond acceptors (Lipinski definition) is 6. The van der Waals surface area contributed by atoms with Gasteiger partial charge in [0.2, 0.25) is 11.8 Å². The van der Waals surface area contributed by atoms with Crippen molar-refractivity contribution < 1.29 is 13.9 Å². The average Bonchev–Trinajstić information content (AvgIpc) is 3.17. The highest BCUT2D eigenvalue weighted by atomic mass is 16.5. The average molecular weight is 408 g/mol. The van der Waals surface area contributed by atoms with E-state index in [0.29, 0.717) is 17.8 Å². The van der Waals surface area contributed by atoms with Crippen LogP contribution in [0.4, 0.5) is 0 Å². The molecule has 2 atom stereocenters. The summed E-state index contributed by atoms with van der Waals surface area (Å²) in [5.41, 5.74) is 2.20. The van der Waals surface area contributed by atoms with Gasteiger partial charge in [-0.3, -0.25) is 4.90 Å². The maximum Gasteiger partial charge on any atom is 0.247 e. The highest BCUT2D eigenvalue weighted by Crippen LogP contribution is 2.37. The van der Waals surface area contributed by atoms with Crippen molar-refractivity contribution in [2.45, 2.75) is 44.7 Å². The summed E-state index contributed by atoms with van der Waals surface area (Å²) in [6, 6.07) is 16.5. The van der Waals surface area contributed by atoms with E-state index in [-0.39, 0.29) is 6.04 Å². The molecule has 0 radical (unpaired) electrons. The number of hydrogen-bond donors (Lipinski definition) is 0. The van der Waals surface area contributed by atoms with Crippen LogP contribution >= 0.6 is 0 Å². The Hall–Kier alpha value is -2.86. The van der Waals surface area contributed by atoms with Crippen LogP contribution in [0.5, 0.6) is 11.5 Å². The lowest BCUT2D eigenvalue weighted by Crippen LogP contribution is -2.31. The lowest BCUT2D eigenvalue weighted by atomic mass is 9.99. The first kappa shape index (κ1) is 20.4. The van der Waals surface area contributed by atoms with E-state index >= 15 is 0 Å². The highest BCUT2D eigenvalue weighted by Gasteiger charge is 2.30. The Morgan fingerprint density at radius 3 is 2.23 bits per heavy atom. The number of nitrogens with zero attached hydrogens (tertiary/aromatic N) is 3. The molecule has 1 saturated heterocycles. The molecule has 158 valence electrons. The van der Waals surface area contributed by atoms with Crippen molar-refractivity contribution >= 4 is 0 Å². The van der Waals surface area contributed by atoms with Gasteiger partial charge >= 0.3 is 0 Å². The standard InChI is InChI=1S/C24H29N3O3/c1-17(23-25-26-24(30-23)19-10-14-21(29-3)15-11-19)27-16-6-4-5-7-22(27)18-8-12-20(28-2)13-9-18/h8-15,17,22H,4-7,16H2,1-3H3/t17-,22+/m1/s1. The molecule has 1 fully saturated rings. The summed E-state index contributed by atoms with van der Waals surface area (Å²) in [7, 11) is 3.35. The first-order valence-electron chi connectivity index (χ1n) is 10.6. The SMILES string of the molecule is COc1ccc(-c2nnc([C@@H](C)N3CCCCC[C@H]3c3ccc(OC)cc3)o2)cc1. The van der Waals surface area contributed by atoms with Crippen LogP contribution in [-0.4, -0.2) is 35.9 Å². The third kappa shape index (κ3) is 4.33. The summed E-state index contributed by atoms with van der Waals surface area (Å²) in [5.74, 6) is 2.88. The maximum absolute atomic E-state index is 6.10. The Morgan fingerprint density at radius 1 is 0.900 bits per heavy atom. The Kier molecular flexibility index (Phi) is 6.33. The summed E-state index contributed by atoms with van der Waals surface area (Å²) in [6.07, 6.45) is 4.77. The molecule has 30 heavy (non-hydrogen) atoms. The van der Waals surface area contributed by atoms with Gasteiger partial charge in [-0.05, 0) is 68.3 Å². The van der Waals surface area contributed by atoms with Gasteiger partial charge in [0, 0.05) is 11.6 Å². The second kappa shape index (κ2) is 9.30. The molecule has 2 aromatic carbocycles. The first-order chi connectivity index (χ1) is 14.7. The van der Waals surface area contributed by atoms with Crippen molar-refractivity contribution in [3.63, 3.8) is 0 Å². The van der Waals surface area contributed by atoms with Crippen LogP contribution in [-0.2, 0) is 0 Å². The minimum absolute atomic E-state index is 0.0368. The van der Waals surface area contributed by atoms with Crippen LogP contribution in [0.15, 0.2) is 52.9 Å². The van der Waals surface area contributed by atoms with Gasteiger partial charge in [0.15, 0.2) is 0 Å².